The predicted molar refractivity (Wildman–Crippen MR) is 79.4 cm³/mol. The van der Waals surface area contributed by atoms with Gasteiger partial charge in [0, 0.05) is 32.5 Å². The number of hydrogen-bond acceptors (Lipinski definition) is 2. The molecule has 1 aromatic rings. The third-order valence-electron chi connectivity index (χ3n) is 3.94. The van der Waals surface area contributed by atoms with Crippen LogP contribution in [0.2, 0.25) is 0 Å². The van der Waals surface area contributed by atoms with Crippen LogP contribution in [0.15, 0.2) is 24.3 Å². The van der Waals surface area contributed by atoms with Gasteiger partial charge in [-0.15, -0.1) is 0 Å². The smallest absolute Gasteiger partial charge is 0.135 e. The Morgan fingerprint density at radius 2 is 1.79 bits per heavy atom. The number of rotatable bonds is 6. The molecule has 0 atom stereocenters. The van der Waals surface area contributed by atoms with E-state index in [9.17, 15) is 4.79 Å². The van der Waals surface area contributed by atoms with Crippen molar-refractivity contribution in [3.8, 4) is 0 Å². The average Bonchev–Trinajstić information content (AvgIpc) is 2.45. The van der Waals surface area contributed by atoms with Crippen LogP contribution in [0, 0.1) is 0 Å². The number of hydrogen-bond donors (Lipinski definition) is 0. The van der Waals surface area contributed by atoms with E-state index in [1.807, 2.05) is 0 Å². The summed E-state index contributed by atoms with van der Waals surface area (Å²) in [7, 11) is 0. The van der Waals surface area contributed by atoms with Gasteiger partial charge in [0.15, 0.2) is 0 Å². The summed E-state index contributed by atoms with van der Waals surface area (Å²) in [5.41, 5.74) is 2.90. The number of piperidine rings is 1. The van der Waals surface area contributed by atoms with Gasteiger partial charge >= 0.3 is 0 Å². The molecule has 0 spiro atoms. The second-order valence-corrected chi connectivity index (χ2v) is 5.55. The molecule has 0 unspecified atom stereocenters. The Morgan fingerprint density at radius 3 is 2.47 bits per heavy atom. The number of ketones is 1. The lowest BCUT2D eigenvalue weighted by atomic mass is 10.0. The van der Waals surface area contributed by atoms with E-state index in [1.54, 1.807) is 0 Å². The Labute approximate surface area is 116 Å². The predicted octanol–water partition coefficient (Wildman–Crippen LogP) is 3.24. The maximum atomic E-state index is 11.2. The fourth-order valence-corrected chi connectivity index (χ4v) is 2.63. The minimum Gasteiger partial charge on any atom is -0.302 e. The minimum atomic E-state index is 0.429. The van der Waals surface area contributed by atoms with Crippen LogP contribution in [0.3, 0.4) is 0 Å². The largest absolute Gasteiger partial charge is 0.302 e. The maximum absolute atomic E-state index is 11.2. The first kappa shape index (κ1) is 14.3. The third-order valence-corrected chi connectivity index (χ3v) is 3.94. The van der Waals surface area contributed by atoms with Crippen molar-refractivity contribution in [3.63, 3.8) is 0 Å². The van der Waals surface area contributed by atoms with Crippen LogP contribution in [0.4, 0.5) is 0 Å². The fraction of sp³-hybridized carbons (Fsp3) is 0.588. The summed E-state index contributed by atoms with van der Waals surface area (Å²) in [6.07, 6.45) is 6.33. The molecule has 0 aliphatic carbocycles. The molecule has 2 heteroatoms. The summed E-state index contributed by atoms with van der Waals surface area (Å²) >= 11 is 0. The molecular weight excluding hydrogens is 234 g/mol. The quantitative estimate of drug-likeness (QED) is 0.781. The average molecular weight is 259 g/mol. The first-order valence-electron chi connectivity index (χ1n) is 7.60. The number of nitrogens with zero attached hydrogens (tertiary/aromatic N) is 1. The summed E-state index contributed by atoms with van der Waals surface area (Å²) in [4.78, 5) is 13.6. The fourth-order valence-electron chi connectivity index (χ4n) is 2.63. The Morgan fingerprint density at radius 1 is 1.11 bits per heavy atom. The SMILES string of the molecule is CCCCc1cccc(CCN2CCC(=O)CC2)c1. The second-order valence-electron chi connectivity index (χ2n) is 5.55. The van der Waals surface area contributed by atoms with Crippen molar-refractivity contribution in [2.75, 3.05) is 19.6 Å². The molecule has 0 aromatic heterocycles. The van der Waals surface area contributed by atoms with Gasteiger partial charge in [-0.3, -0.25) is 4.79 Å². The van der Waals surface area contributed by atoms with Gasteiger partial charge in [-0.05, 0) is 30.4 Å². The Hall–Kier alpha value is -1.15. The van der Waals surface area contributed by atoms with Gasteiger partial charge in [0.2, 0.25) is 0 Å². The third kappa shape index (κ3) is 4.79. The van der Waals surface area contributed by atoms with E-state index < -0.39 is 0 Å². The Bertz CT molecular complexity index is 403. The Kier molecular flexibility index (Phi) is 5.59. The molecule has 2 nitrogen and oxygen atoms in total. The molecule has 1 fully saturated rings. The Balaban J connectivity index is 1.80. The zero-order chi connectivity index (χ0) is 13.5. The van der Waals surface area contributed by atoms with Crippen LogP contribution in [0.5, 0.6) is 0 Å². The van der Waals surface area contributed by atoms with Crippen molar-refractivity contribution >= 4 is 5.78 Å². The molecule has 0 N–H and O–H groups in total. The van der Waals surface area contributed by atoms with Gasteiger partial charge in [-0.25, -0.2) is 0 Å². The van der Waals surface area contributed by atoms with Gasteiger partial charge in [-0.1, -0.05) is 37.6 Å². The molecule has 0 bridgehead atoms. The van der Waals surface area contributed by atoms with Gasteiger partial charge in [0.05, 0.1) is 0 Å². The van der Waals surface area contributed by atoms with Crippen LogP contribution in [0.1, 0.15) is 43.7 Å². The zero-order valence-corrected chi connectivity index (χ0v) is 12.0. The summed E-state index contributed by atoms with van der Waals surface area (Å²) < 4.78 is 0. The van der Waals surface area contributed by atoms with Crippen LogP contribution < -0.4 is 0 Å². The van der Waals surface area contributed by atoms with E-state index in [1.165, 1.54) is 30.4 Å². The molecule has 19 heavy (non-hydrogen) atoms. The molecule has 0 amide bonds. The van der Waals surface area contributed by atoms with Gasteiger partial charge < -0.3 is 4.90 Å². The highest BCUT2D eigenvalue weighted by molar-refractivity contribution is 5.79. The number of carbonyl (C=O) groups excluding carboxylic acids is 1. The summed E-state index contributed by atoms with van der Waals surface area (Å²) in [6, 6.07) is 8.99. The van der Waals surface area contributed by atoms with Gasteiger partial charge in [0.1, 0.15) is 5.78 Å². The lowest BCUT2D eigenvalue weighted by molar-refractivity contribution is -0.121. The molecule has 1 heterocycles. The minimum absolute atomic E-state index is 0.429. The molecule has 1 aromatic carbocycles. The second kappa shape index (κ2) is 7.44. The molecule has 1 aliphatic heterocycles. The number of benzene rings is 1. The van der Waals surface area contributed by atoms with Gasteiger partial charge in [0.25, 0.3) is 0 Å². The number of Topliss-reactive ketones (excluding diaryl/α,β-unsaturated/α-hetero) is 1. The molecule has 0 radical (unpaired) electrons. The summed E-state index contributed by atoms with van der Waals surface area (Å²) in [5, 5.41) is 0. The van der Waals surface area contributed by atoms with Crippen molar-refractivity contribution in [2.45, 2.75) is 45.4 Å². The van der Waals surface area contributed by atoms with E-state index in [0.717, 1.165) is 38.9 Å². The van der Waals surface area contributed by atoms with E-state index in [4.69, 9.17) is 0 Å². The molecule has 1 saturated heterocycles. The van der Waals surface area contributed by atoms with E-state index in [-0.39, 0.29) is 0 Å². The van der Waals surface area contributed by atoms with E-state index in [2.05, 4.69) is 36.1 Å². The molecule has 1 aliphatic rings. The zero-order valence-electron chi connectivity index (χ0n) is 12.0. The van der Waals surface area contributed by atoms with Crippen molar-refractivity contribution in [1.29, 1.82) is 0 Å². The lowest BCUT2D eigenvalue weighted by Crippen LogP contribution is -2.35. The van der Waals surface area contributed by atoms with Crippen molar-refractivity contribution in [3.05, 3.63) is 35.4 Å². The highest BCUT2D eigenvalue weighted by atomic mass is 16.1. The topological polar surface area (TPSA) is 20.3 Å². The summed E-state index contributed by atoms with van der Waals surface area (Å²) in [6.45, 7) is 5.23. The monoisotopic (exact) mass is 259 g/mol. The molecule has 2 rings (SSSR count). The van der Waals surface area contributed by atoms with Crippen LogP contribution in [0.25, 0.3) is 0 Å². The summed E-state index contributed by atoms with van der Waals surface area (Å²) in [5.74, 6) is 0.429. The van der Waals surface area contributed by atoms with Crippen molar-refractivity contribution in [2.24, 2.45) is 0 Å². The maximum Gasteiger partial charge on any atom is 0.135 e. The number of carbonyl (C=O) groups is 1. The first-order chi connectivity index (χ1) is 9.28. The van der Waals surface area contributed by atoms with E-state index in [0.29, 0.717) is 5.78 Å². The van der Waals surface area contributed by atoms with E-state index >= 15 is 0 Å². The van der Waals surface area contributed by atoms with Crippen LogP contribution >= 0.6 is 0 Å². The molecular formula is C17H25NO. The number of aryl methyl sites for hydroxylation is 1. The first-order valence-corrected chi connectivity index (χ1v) is 7.60. The highest BCUT2D eigenvalue weighted by Gasteiger charge is 2.15. The van der Waals surface area contributed by atoms with Crippen molar-refractivity contribution < 1.29 is 4.79 Å². The number of unbranched alkanes of at least 4 members (excludes halogenated alkanes) is 1. The van der Waals surface area contributed by atoms with Crippen LogP contribution in [-0.4, -0.2) is 30.3 Å². The molecule has 0 saturated carbocycles. The highest BCUT2D eigenvalue weighted by Crippen LogP contribution is 2.11. The van der Waals surface area contributed by atoms with Crippen LogP contribution in [-0.2, 0) is 17.6 Å². The standard InChI is InChI=1S/C17H25NO/c1-2-3-5-15-6-4-7-16(14-15)8-11-18-12-9-17(19)10-13-18/h4,6-7,14H,2-3,5,8-13H2,1H3. The van der Waals surface area contributed by atoms with Gasteiger partial charge in [-0.2, -0.15) is 0 Å². The number of likely N-dealkylation sites (tertiary alicyclic amines) is 1. The van der Waals surface area contributed by atoms with Crippen molar-refractivity contribution in [1.82, 2.24) is 4.90 Å². The lowest BCUT2D eigenvalue weighted by Gasteiger charge is -2.25. The normalized spacial score (nSPS) is 16.8. The molecule has 104 valence electrons.